The Bertz CT molecular complexity index is 781. The van der Waals surface area contributed by atoms with Crippen molar-refractivity contribution in [2.45, 2.75) is 26.4 Å². The fourth-order valence-corrected chi connectivity index (χ4v) is 2.05. The molecule has 2 N–H and O–H groups in total. The van der Waals surface area contributed by atoms with Crippen LogP contribution in [0.1, 0.15) is 20.8 Å². The number of hydrogen-bond donors (Lipinski definition) is 2. The van der Waals surface area contributed by atoms with Crippen LogP contribution in [0.25, 0.3) is 11.1 Å². The van der Waals surface area contributed by atoms with E-state index in [-0.39, 0.29) is 5.69 Å². The number of nitrogens with one attached hydrogen (secondary N) is 1. The zero-order valence-corrected chi connectivity index (χ0v) is 13.6. The summed E-state index contributed by atoms with van der Waals surface area (Å²) in [4.78, 5) is 22.1. The number of hydrogen-bond acceptors (Lipinski definition) is 5. The molecule has 7 heteroatoms. The first-order valence-corrected chi connectivity index (χ1v) is 7.23. The van der Waals surface area contributed by atoms with E-state index in [1.807, 2.05) is 0 Å². The molecule has 0 aliphatic rings. The number of carbonyl (C=O) groups is 1. The van der Waals surface area contributed by atoms with Crippen LogP contribution in [0.5, 0.6) is 5.75 Å². The largest absolute Gasteiger partial charge is 0.502 e. The van der Waals surface area contributed by atoms with Crippen LogP contribution in [0.2, 0.25) is 0 Å². The van der Waals surface area contributed by atoms with Crippen molar-refractivity contribution in [2.75, 3.05) is 5.32 Å². The number of aromatic hydroxyl groups is 1. The van der Waals surface area contributed by atoms with E-state index in [1.54, 1.807) is 51.1 Å². The molecule has 0 saturated heterocycles. The Kier molecular flexibility index (Phi) is 4.73. The van der Waals surface area contributed by atoms with Crippen molar-refractivity contribution in [2.24, 2.45) is 0 Å². The quantitative estimate of drug-likeness (QED) is 0.645. The van der Waals surface area contributed by atoms with Gasteiger partial charge in [-0.2, -0.15) is 0 Å². The summed E-state index contributed by atoms with van der Waals surface area (Å²) >= 11 is 0. The third-order valence-electron chi connectivity index (χ3n) is 3.01. The smallest absolute Gasteiger partial charge is 0.412 e. The maximum Gasteiger partial charge on any atom is 0.412 e. The molecule has 2 aromatic carbocycles. The second kappa shape index (κ2) is 6.57. The van der Waals surface area contributed by atoms with Gasteiger partial charge in [-0.15, -0.1) is 0 Å². The molecule has 126 valence electrons. The number of amides is 1. The van der Waals surface area contributed by atoms with Crippen LogP contribution in [0.15, 0.2) is 42.5 Å². The van der Waals surface area contributed by atoms with E-state index in [9.17, 15) is 20.0 Å². The molecule has 24 heavy (non-hydrogen) atoms. The number of nitrogens with zero attached hydrogens (tertiary/aromatic N) is 1. The van der Waals surface area contributed by atoms with E-state index < -0.39 is 22.4 Å². The SMILES string of the molecule is CC(C)(C)OC(=O)Nc1cccc(-c2ccc(O)c([N+](=O)[O-])c2)c1. The van der Waals surface area contributed by atoms with Crippen LogP contribution in [-0.2, 0) is 4.74 Å². The highest BCUT2D eigenvalue weighted by atomic mass is 16.6. The predicted molar refractivity (Wildman–Crippen MR) is 90.1 cm³/mol. The monoisotopic (exact) mass is 330 g/mol. The lowest BCUT2D eigenvalue weighted by atomic mass is 10.0. The first kappa shape index (κ1) is 17.3. The number of nitro benzene ring substituents is 1. The maximum absolute atomic E-state index is 11.8. The van der Waals surface area contributed by atoms with Gasteiger partial charge in [0.2, 0.25) is 0 Å². The minimum atomic E-state index is -0.651. The molecule has 0 heterocycles. The molecule has 1 amide bonds. The van der Waals surface area contributed by atoms with Crippen molar-refractivity contribution < 1.29 is 19.6 Å². The Morgan fingerprint density at radius 2 is 1.83 bits per heavy atom. The van der Waals surface area contributed by atoms with Crippen LogP contribution in [0.3, 0.4) is 0 Å². The topological polar surface area (TPSA) is 102 Å². The van der Waals surface area contributed by atoms with Gasteiger partial charge in [0.25, 0.3) is 0 Å². The second-order valence-corrected chi connectivity index (χ2v) is 6.17. The number of rotatable bonds is 3. The normalized spacial score (nSPS) is 11.0. The average molecular weight is 330 g/mol. The molecular weight excluding hydrogens is 312 g/mol. The molecule has 0 atom stereocenters. The maximum atomic E-state index is 11.8. The molecule has 0 saturated carbocycles. The molecule has 7 nitrogen and oxygen atoms in total. The zero-order valence-electron chi connectivity index (χ0n) is 13.6. The van der Waals surface area contributed by atoms with Gasteiger partial charge >= 0.3 is 11.8 Å². The van der Waals surface area contributed by atoms with E-state index >= 15 is 0 Å². The number of phenols is 1. The highest BCUT2D eigenvalue weighted by Crippen LogP contribution is 2.32. The minimum absolute atomic E-state index is 0.377. The first-order chi connectivity index (χ1) is 11.2. The number of phenolic OH excluding ortho intramolecular Hbond substituents is 1. The van der Waals surface area contributed by atoms with E-state index in [4.69, 9.17) is 4.74 Å². The molecular formula is C17H18N2O5. The Hall–Kier alpha value is -3.09. The molecule has 0 bridgehead atoms. The molecule has 0 unspecified atom stereocenters. The Balaban J connectivity index is 2.26. The van der Waals surface area contributed by atoms with Crippen molar-refractivity contribution in [1.29, 1.82) is 0 Å². The fraction of sp³-hybridized carbons (Fsp3) is 0.235. The van der Waals surface area contributed by atoms with Crippen LogP contribution in [-0.4, -0.2) is 21.7 Å². The van der Waals surface area contributed by atoms with Gasteiger partial charge in [0, 0.05) is 11.8 Å². The van der Waals surface area contributed by atoms with Crippen LogP contribution in [0, 0.1) is 10.1 Å². The van der Waals surface area contributed by atoms with Gasteiger partial charge in [-0.3, -0.25) is 15.4 Å². The van der Waals surface area contributed by atoms with E-state index in [0.29, 0.717) is 16.8 Å². The van der Waals surface area contributed by atoms with Crippen molar-refractivity contribution in [3.63, 3.8) is 0 Å². The summed E-state index contributed by atoms with van der Waals surface area (Å²) in [5.74, 6) is -0.396. The summed E-state index contributed by atoms with van der Waals surface area (Å²) in [7, 11) is 0. The van der Waals surface area contributed by atoms with Gasteiger partial charge in [-0.05, 0) is 50.1 Å². The van der Waals surface area contributed by atoms with Gasteiger partial charge in [0.15, 0.2) is 5.75 Å². The van der Waals surface area contributed by atoms with Gasteiger partial charge in [-0.1, -0.05) is 18.2 Å². The highest BCUT2D eigenvalue weighted by Gasteiger charge is 2.17. The van der Waals surface area contributed by atoms with Gasteiger partial charge in [0.05, 0.1) is 4.92 Å². The fourth-order valence-electron chi connectivity index (χ4n) is 2.05. The van der Waals surface area contributed by atoms with Crippen LogP contribution >= 0.6 is 0 Å². The Morgan fingerprint density at radius 1 is 1.17 bits per heavy atom. The summed E-state index contributed by atoms with van der Waals surface area (Å²) in [5.41, 5.74) is 0.716. The van der Waals surface area contributed by atoms with Crippen molar-refractivity contribution in [3.8, 4) is 16.9 Å². The number of benzene rings is 2. The van der Waals surface area contributed by atoms with E-state index in [0.717, 1.165) is 0 Å². The van der Waals surface area contributed by atoms with Crippen LogP contribution in [0.4, 0.5) is 16.2 Å². The second-order valence-electron chi connectivity index (χ2n) is 6.17. The summed E-state index contributed by atoms with van der Waals surface area (Å²) in [6.07, 6.45) is -0.587. The molecule has 0 aliphatic carbocycles. The average Bonchev–Trinajstić information content (AvgIpc) is 2.45. The summed E-state index contributed by atoms with van der Waals surface area (Å²) < 4.78 is 5.18. The Labute approximate surface area is 139 Å². The predicted octanol–water partition coefficient (Wildman–Crippen LogP) is 4.31. The summed E-state index contributed by atoms with van der Waals surface area (Å²) in [6.45, 7) is 5.29. The lowest BCUT2D eigenvalue weighted by Crippen LogP contribution is -2.27. The molecule has 2 aromatic rings. The Morgan fingerprint density at radius 3 is 2.46 bits per heavy atom. The lowest BCUT2D eigenvalue weighted by molar-refractivity contribution is -0.385. The first-order valence-electron chi connectivity index (χ1n) is 7.23. The number of ether oxygens (including phenoxy) is 1. The van der Waals surface area contributed by atoms with Crippen LogP contribution < -0.4 is 5.32 Å². The third kappa shape index (κ3) is 4.45. The molecule has 0 aliphatic heterocycles. The number of carbonyl (C=O) groups excluding carboxylic acids is 1. The summed E-state index contributed by atoms with van der Waals surface area (Å²) in [5, 5.41) is 23.1. The standard InChI is InChI=1S/C17H18N2O5/c1-17(2,3)24-16(21)18-13-6-4-5-11(9-13)12-7-8-15(20)14(10-12)19(22)23/h4-10,20H,1-3H3,(H,18,21). The van der Waals surface area contributed by atoms with Crippen molar-refractivity contribution >= 4 is 17.5 Å². The highest BCUT2D eigenvalue weighted by molar-refractivity contribution is 5.86. The van der Waals surface area contributed by atoms with E-state index in [1.165, 1.54) is 12.1 Å². The van der Waals surface area contributed by atoms with Gasteiger partial charge < -0.3 is 9.84 Å². The third-order valence-corrected chi connectivity index (χ3v) is 3.01. The molecule has 0 spiro atoms. The minimum Gasteiger partial charge on any atom is -0.502 e. The zero-order chi connectivity index (χ0) is 17.9. The molecule has 0 aromatic heterocycles. The molecule has 0 fully saturated rings. The number of anilines is 1. The number of nitro groups is 1. The van der Waals surface area contributed by atoms with Crippen molar-refractivity contribution in [1.82, 2.24) is 0 Å². The molecule has 2 rings (SSSR count). The van der Waals surface area contributed by atoms with Gasteiger partial charge in [-0.25, -0.2) is 4.79 Å². The molecule has 0 radical (unpaired) electrons. The van der Waals surface area contributed by atoms with E-state index in [2.05, 4.69) is 5.32 Å². The lowest BCUT2D eigenvalue weighted by Gasteiger charge is -2.19. The summed E-state index contributed by atoms with van der Waals surface area (Å²) in [6, 6.07) is 10.9. The van der Waals surface area contributed by atoms with Gasteiger partial charge in [0.1, 0.15) is 5.60 Å². The van der Waals surface area contributed by atoms with Crippen molar-refractivity contribution in [3.05, 3.63) is 52.6 Å².